The van der Waals surface area contributed by atoms with Gasteiger partial charge in [-0.3, -0.25) is 4.98 Å². The number of aromatic nitrogens is 1. The lowest BCUT2D eigenvalue weighted by molar-refractivity contribution is 0.108. The standard InChI is InChI=1S/C20H26N2O2/c23-20-15-22(14-19(20)13-17-7-9-21-10-8-17)11-4-12-24-16-18-5-2-1-3-6-18/h1-3,5-10,19-20,23H,4,11-16H2/t19-,20-/m1/s1. The lowest BCUT2D eigenvalue weighted by atomic mass is 9.97. The fourth-order valence-corrected chi connectivity index (χ4v) is 3.30. The maximum atomic E-state index is 10.3. The summed E-state index contributed by atoms with van der Waals surface area (Å²) >= 11 is 0. The molecule has 2 heterocycles. The Morgan fingerprint density at radius 1 is 1.04 bits per heavy atom. The fraction of sp³-hybridized carbons (Fsp3) is 0.450. The van der Waals surface area contributed by atoms with E-state index in [9.17, 15) is 5.11 Å². The van der Waals surface area contributed by atoms with Crippen LogP contribution >= 0.6 is 0 Å². The molecule has 1 aromatic heterocycles. The molecule has 0 unspecified atom stereocenters. The zero-order valence-electron chi connectivity index (χ0n) is 14.1. The number of aliphatic hydroxyl groups is 1. The van der Waals surface area contributed by atoms with Crippen LogP contribution in [0.4, 0.5) is 0 Å². The third-order valence-electron chi connectivity index (χ3n) is 4.60. The first-order valence-electron chi connectivity index (χ1n) is 8.72. The highest BCUT2D eigenvalue weighted by molar-refractivity contribution is 5.13. The zero-order valence-corrected chi connectivity index (χ0v) is 14.1. The molecule has 1 fully saturated rings. The number of aliphatic hydroxyl groups excluding tert-OH is 1. The molecule has 0 aliphatic carbocycles. The van der Waals surface area contributed by atoms with Gasteiger partial charge in [-0.25, -0.2) is 0 Å². The van der Waals surface area contributed by atoms with Gasteiger partial charge in [0.1, 0.15) is 0 Å². The average molecular weight is 326 g/mol. The van der Waals surface area contributed by atoms with Crippen molar-refractivity contribution in [3.63, 3.8) is 0 Å². The lowest BCUT2D eigenvalue weighted by Crippen LogP contribution is -2.24. The molecule has 24 heavy (non-hydrogen) atoms. The Bertz CT molecular complexity index is 591. The van der Waals surface area contributed by atoms with Crippen LogP contribution < -0.4 is 0 Å². The molecule has 0 amide bonds. The van der Waals surface area contributed by atoms with Crippen molar-refractivity contribution in [1.82, 2.24) is 9.88 Å². The Kier molecular flexibility index (Phi) is 6.35. The van der Waals surface area contributed by atoms with E-state index >= 15 is 0 Å². The van der Waals surface area contributed by atoms with Crippen molar-refractivity contribution >= 4 is 0 Å². The second-order valence-corrected chi connectivity index (χ2v) is 6.54. The molecule has 2 aromatic rings. The molecule has 1 aromatic carbocycles. The lowest BCUT2D eigenvalue weighted by Gasteiger charge is -2.15. The highest BCUT2D eigenvalue weighted by Gasteiger charge is 2.30. The molecule has 0 saturated carbocycles. The number of hydrogen-bond acceptors (Lipinski definition) is 4. The van der Waals surface area contributed by atoms with Crippen molar-refractivity contribution < 1.29 is 9.84 Å². The number of β-amino-alcohol motifs (C(OH)–C–C–N with tert-alkyl or cyclic N) is 1. The Morgan fingerprint density at radius 2 is 1.83 bits per heavy atom. The third kappa shape index (κ3) is 5.13. The van der Waals surface area contributed by atoms with Crippen molar-refractivity contribution in [2.45, 2.75) is 25.6 Å². The van der Waals surface area contributed by atoms with Crippen LogP contribution in [0.15, 0.2) is 54.9 Å². The van der Waals surface area contributed by atoms with E-state index in [2.05, 4.69) is 22.0 Å². The van der Waals surface area contributed by atoms with E-state index in [4.69, 9.17) is 4.74 Å². The first kappa shape index (κ1) is 17.1. The van der Waals surface area contributed by atoms with Gasteiger partial charge in [0.05, 0.1) is 12.7 Å². The van der Waals surface area contributed by atoms with Crippen molar-refractivity contribution in [3.05, 3.63) is 66.0 Å². The van der Waals surface area contributed by atoms with Gasteiger partial charge in [-0.15, -0.1) is 0 Å². The quantitative estimate of drug-likeness (QED) is 0.757. The monoisotopic (exact) mass is 326 g/mol. The molecular weight excluding hydrogens is 300 g/mol. The fourth-order valence-electron chi connectivity index (χ4n) is 3.30. The van der Waals surface area contributed by atoms with Gasteiger partial charge in [-0.2, -0.15) is 0 Å². The van der Waals surface area contributed by atoms with Crippen LogP contribution in [-0.2, 0) is 17.8 Å². The van der Waals surface area contributed by atoms with Crippen molar-refractivity contribution in [2.75, 3.05) is 26.2 Å². The van der Waals surface area contributed by atoms with Crippen LogP contribution in [0.25, 0.3) is 0 Å². The number of pyridine rings is 1. The summed E-state index contributed by atoms with van der Waals surface area (Å²) in [4.78, 5) is 6.40. The first-order valence-corrected chi connectivity index (χ1v) is 8.72. The summed E-state index contributed by atoms with van der Waals surface area (Å²) in [7, 11) is 0. The topological polar surface area (TPSA) is 45.6 Å². The third-order valence-corrected chi connectivity index (χ3v) is 4.60. The van der Waals surface area contributed by atoms with Crippen LogP contribution in [0, 0.1) is 5.92 Å². The number of hydrogen-bond donors (Lipinski definition) is 1. The minimum atomic E-state index is -0.233. The molecule has 1 aliphatic rings. The minimum absolute atomic E-state index is 0.233. The number of benzene rings is 1. The van der Waals surface area contributed by atoms with Gasteiger partial charge in [-0.1, -0.05) is 30.3 Å². The largest absolute Gasteiger partial charge is 0.391 e. The highest BCUT2D eigenvalue weighted by atomic mass is 16.5. The van der Waals surface area contributed by atoms with E-state index in [0.29, 0.717) is 12.5 Å². The van der Waals surface area contributed by atoms with Crippen LogP contribution in [0.1, 0.15) is 17.5 Å². The maximum Gasteiger partial charge on any atom is 0.0716 e. The highest BCUT2D eigenvalue weighted by Crippen LogP contribution is 2.21. The Hall–Kier alpha value is -1.75. The molecule has 4 nitrogen and oxygen atoms in total. The molecule has 0 radical (unpaired) electrons. The molecule has 0 spiro atoms. The molecule has 128 valence electrons. The number of rotatable bonds is 8. The van der Waals surface area contributed by atoms with Gasteiger partial charge in [-0.05, 0) is 36.1 Å². The molecule has 1 N–H and O–H groups in total. The van der Waals surface area contributed by atoms with Crippen LogP contribution in [-0.4, -0.2) is 47.3 Å². The Labute approximate surface area is 144 Å². The summed E-state index contributed by atoms with van der Waals surface area (Å²) in [6, 6.07) is 14.3. The van der Waals surface area contributed by atoms with Gasteiger partial charge in [0.2, 0.25) is 0 Å². The average Bonchev–Trinajstić information content (AvgIpc) is 2.96. The summed E-state index contributed by atoms with van der Waals surface area (Å²) in [6.07, 6.45) is 5.33. The van der Waals surface area contributed by atoms with Crippen molar-refractivity contribution in [2.24, 2.45) is 5.92 Å². The predicted octanol–water partition coefficient (Wildman–Crippen LogP) is 2.52. The van der Waals surface area contributed by atoms with E-state index in [1.54, 1.807) is 0 Å². The SMILES string of the molecule is O[C@@H]1CN(CCCOCc2ccccc2)C[C@H]1Cc1ccncc1. The summed E-state index contributed by atoms with van der Waals surface area (Å²) in [5.74, 6) is 0.317. The summed E-state index contributed by atoms with van der Waals surface area (Å²) < 4.78 is 5.73. The van der Waals surface area contributed by atoms with Gasteiger partial charge in [0, 0.05) is 44.6 Å². The predicted molar refractivity (Wildman–Crippen MR) is 94.6 cm³/mol. The van der Waals surface area contributed by atoms with Crippen molar-refractivity contribution in [1.29, 1.82) is 0 Å². The molecule has 0 bridgehead atoms. The minimum Gasteiger partial charge on any atom is -0.391 e. The molecule has 3 rings (SSSR count). The second-order valence-electron chi connectivity index (χ2n) is 6.54. The normalized spacial score (nSPS) is 21.2. The van der Waals surface area contributed by atoms with Crippen molar-refractivity contribution in [3.8, 4) is 0 Å². The summed E-state index contributed by atoms with van der Waals surface area (Å²) in [5.41, 5.74) is 2.47. The van der Waals surface area contributed by atoms with Gasteiger partial charge in [0.15, 0.2) is 0 Å². The van der Waals surface area contributed by atoms with Gasteiger partial charge >= 0.3 is 0 Å². The first-order chi connectivity index (χ1) is 11.8. The maximum absolute atomic E-state index is 10.3. The molecule has 2 atom stereocenters. The molecule has 1 aliphatic heterocycles. The number of ether oxygens (including phenoxy) is 1. The van der Waals surface area contributed by atoms with E-state index in [-0.39, 0.29) is 6.10 Å². The molecule has 1 saturated heterocycles. The van der Waals surface area contributed by atoms with Gasteiger partial charge in [0.25, 0.3) is 0 Å². The Morgan fingerprint density at radius 3 is 2.62 bits per heavy atom. The molecule has 4 heteroatoms. The van der Waals surface area contributed by atoms with Crippen LogP contribution in [0.2, 0.25) is 0 Å². The van der Waals surface area contributed by atoms with E-state index < -0.39 is 0 Å². The second kappa shape index (κ2) is 8.92. The smallest absolute Gasteiger partial charge is 0.0716 e. The van der Waals surface area contributed by atoms with E-state index in [0.717, 1.165) is 39.1 Å². The van der Waals surface area contributed by atoms with Crippen LogP contribution in [0.3, 0.4) is 0 Å². The van der Waals surface area contributed by atoms with Gasteiger partial charge < -0.3 is 14.7 Å². The summed E-state index contributed by atoms with van der Waals surface area (Å²) in [6.45, 7) is 4.15. The number of nitrogens with zero attached hydrogens (tertiary/aromatic N) is 2. The van der Waals surface area contributed by atoms with E-state index in [1.807, 2.05) is 42.7 Å². The Balaban J connectivity index is 1.33. The van der Waals surface area contributed by atoms with E-state index in [1.165, 1.54) is 11.1 Å². The number of likely N-dealkylation sites (tertiary alicyclic amines) is 1. The van der Waals surface area contributed by atoms with Crippen LogP contribution in [0.5, 0.6) is 0 Å². The summed E-state index contributed by atoms with van der Waals surface area (Å²) in [5, 5.41) is 10.3. The zero-order chi connectivity index (χ0) is 16.6. The molecular formula is C20H26N2O2.